The van der Waals surface area contributed by atoms with E-state index in [-0.39, 0.29) is 29.8 Å². The third-order valence-corrected chi connectivity index (χ3v) is 6.51. The number of amides is 2. The third kappa shape index (κ3) is 4.89. The first-order chi connectivity index (χ1) is 13.7. The number of hydrogen-bond donors (Lipinski definition) is 0. The van der Waals surface area contributed by atoms with Gasteiger partial charge in [0.25, 0.3) is 0 Å². The average molecular weight is 413 g/mol. The maximum absolute atomic E-state index is 13.4. The SMILES string of the molecule is CCN(CC(=O)N1CCc2sccc2C1c1ccccc1C)C(=O)CC(C)(C)C. The van der Waals surface area contributed by atoms with Crippen molar-refractivity contribution in [3.8, 4) is 0 Å². The molecule has 0 bridgehead atoms. The van der Waals surface area contributed by atoms with Gasteiger partial charge in [0.05, 0.1) is 12.6 Å². The highest BCUT2D eigenvalue weighted by Gasteiger charge is 2.34. The van der Waals surface area contributed by atoms with Gasteiger partial charge in [0.2, 0.25) is 11.8 Å². The minimum atomic E-state index is -0.0893. The van der Waals surface area contributed by atoms with Gasteiger partial charge in [-0.25, -0.2) is 0 Å². The van der Waals surface area contributed by atoms with Gasteiger partial charge in [-0.2, -0.15) is 0 Å². The number of aryl methyl sites for hydroxylation is 1. The standard InChI is InChI=1S/C24H32N2O2S/c1-6-25(21(27)15-24(3,4)5)16-22(28)26-13-11-20-19(12-14-29-20)23(26)18-10-8-7-9-17(18)2/h7-10,12,14,23H,6,11,13,15-16H2,1-5H3. The van der Waals surface area contributed by atoms with Gasteiger partial charge in [-0.05, 0) is 53.8 Å². The number of benzene rings is 1. The summed E-state index contributed by atoms with van der Waals surface area (Å²) in [4.78, 5) is 31.2. The van der Waals surface area contributed by atoms with Crippen molar-refractivity contribution < 1.29 is 9.59 Å². The Bertz CT molecular complexity index is 881. The molecule has 156 valence electrons. The molecule has 5 heteroatoms. The largest absolute Gasteiger partial charge is 0.334 e. The van der Waals surface area contributed by atoms with Crippen LogP contribution in [0.3, 0.4) is 0 Å². The normalized spacial score (nSPS) is 16.4. The Balaban J connectivity index is 1.87. The van der Waals surface area contributed by atoms with Crippen molar-refractivity contribution in [2.75, 3.05) is 19.6 Å². The first kappa shape index (κ1) is 21.6. The van der Waals surface area contributed by atoms with Crippen molar-refractivity contribution in [1.82, 2.24) is 9.80 Å². The molecule has 1 aliphatic heterocycles. The Morgan fingerprint density at radius 2 is 1.90 bits per heavy atom. The highest BCUT2D eigenvalue weighted by molar-refractivity contribution is 7.10. The van der Waals surface area contributed by atoms with Gasteiger partial charge < -0.3 is 9.80 Å². The lowest BCUT2D eigenvalue weighted by Gasteiger charge is -2.38. The van der Waals surface area contributed by atoms with Crippen molar-refractivity contribution in [3.63, 3.8) is 0 Å². The summed E-state index contributed by atoms with van der Waals surface area (Å²) in [6.07, 6.45) is 1.33. The molecule has 1 aromatic carbocycles. The molecule has 0 N–H and O–H groups in total. The Labute approximate surface area is 178 Å². The number of carbonyl (C=O) groups excluding carboxylic acids is 2. The predicted molar refractivity (Wildman–Crippen MR) is 119 cm³/mol. The Morgan fingerprint density at radius 3 is 2.55 bits per heavy atom. The van der Waals surface area contributed by atoms with Gasteiger partial charge in [0.15, 0.2) is 0 Å². The fourth-order valence-electron chi connectivity index (χ4n) is 4.01. The summed E-state index contributed by atoms with van der Waals surface area (Å²) in [7, 11) is 0. The van der Waals surface area contributed by atoms with Crippen LogP contribution in [0.25, 0.3) is 0 Å². The summed E-state index contributed by atoms with van der Waals surface area (Å²) in [5.74, 6) is 0.0771. The second kappa shape index (κ2) is 8.70. The van der Waals surface area contributed by atoms with Crippen LogP contribution in [0.4, 0.5) is 0 Å². The van der Waals surface area contributed by atoms with E-state index in [1.165, 1.54) is 21.6 Å². The third-order valence-electron chi connectivity index (χ3n) is 5.51. The predicted octanol–water partition coefficient (Wildman–Crippen LogP) is 4.82. The van der Waals surface area contributed by atoms with E-state index in [2.05, 4.69) is 51.3 Å². The minimum Gasteiger partial charge on any atom is -0.334 e. The molecule has 2 aromatic rings. The minimum absolute atomic E-state index is 0.0270. The van der Waals surface area contributed by atoms with Crippen LogP contribution < -0.4 is 0 Å². The Morgan fingerprint density at radius 1 is 1.17 bits per heavy atom. The number of likely N-dealkylation sites (N-methyl/N-ethyl adjacent to an activating group) is 1. The molecule has 1 atom stereocenters. The van der Waals surface area contributed by atoms with E-state index in [4.69, 9.17) is 0 Å². The maximum atomic E-state index is 13.4. The molecule has 1 aliphatic rings. The van der Waals surface area contributed by atoms with Crippen molar-refractivity contribution in [1.29, 1.82) is 0 Å². The summed E-state index contributed by atoms with van der Waals surface area (Å²) in [6, 6.07) is 10.4. The second-order valence-corrected chi connectivity index (χ2v) is 10.0. The van der Waals surface area contributed by atoms with Crippen LogP contribution in [-0.2, 0) is 16.0 Å². The smallest absolute Gasteiger partial charge is 0.242 e. The Kier molecular flexibility index (Phi) is 6.47. The van der Waals surface area contributed by atoms with E-state index >= 15 is 0 Å². The zero-order valence-corrected chi connectivity index (χ0v) is 19.0. The van der Waals surface area contributed by atoms with Crippen LogP contribution in [0.5, 0.6) is 0 Å². The zero-order chi connectivity index (χ0) is 21.2. The van der Waals surface area contributed by atoms with E-state index in [0.717, 1.165) is 6.42 Å². The number of fused-ring (bicyclic) bond motifs is 1. The second-order valence-electron chi connectivity index (χ2n) is 9.04. The number of thiophene rings is 1. The quantitative estimate of drug-likeness (QED) is 0.707. The van der Waals surface area contributed by atoms with Crippen LogP contribution in [0.1, 0.15) is 61.7 Å². The van der Waals surface area contributed by atoms with Crippen LogP contribution in [0.15, 0.2) is 35.7 Å². The highest BCUT2D eigenvalue weighted by atomic mass is 32.1. The lowest BCUT2D eigenvalue weighted by Crippen LogP contribution is -2.47. The van der Waals surface area contributed by atoms with Gasteiger partial charge >= 0.3 is 0 Å². The van der Waals surface area contributed by atoms with Gasteiger partial charge in [0.1, 0.15) is 0 Å². The summed E-state index contributed by atoms with van der Waals surface area (Å²) in [5, 5.41) is 2.12. The maximum Gasteiger partial charge on any atom is 0.242 e. The molecule has 0 saturated heterocycles. The Hall–Kier alpha value is -2.14. The monoisotopic (exact) mass is 412 g/mol. The highest BCUT2D eigenvalue weighted by Crippen LogP contribution is 2.39. The van der Waals surface area contributed by atoms with Crippen LogP contribution in [0.2, 0.25) is 0 Å². The molecule has 3 rings (SSSR count). The molecular weight excluding hydrogens is 380 g/mol. The number of carbonyl (C=O) groups is 2. The van der Waals surface area contributed by atoms with Crippen molar-refractivity contribution in [3.05, 3.63) is 57.3 Å². The van der Waals surface area contributed by atoms with Crippen molar-refractivity contribution in [2.24, 2.45) is 5.41 Å². The van der Waals surface area contributed by atoms with E-state index in [1.54, 1.807) is 16.2 Å². The molecule has 0 fully saturated rings. The van der Waals surface area contributed by atoms with E-state index in [9.17, 15) is 9.59 Å². The van der Waals surface area contributed by atoms with E-state index < -0.39 is 0 Å². The van der Waals surface area contributed by atoms with Crippen molar-refractivity contribution >= 4 is 23.2 Å². The lowest BCUT2D eigenvalue weighted by atomic mass is 9.90. The molecule has 0 radical (unpaired) electrons. The summed E-state index contributed by atoms with van der Waals surface area (Å²) < 4.78 is 0. The molecule has 1 unspecified atom stereocenters. The number of nitrogens with zero attached hydrogens (tertiary/aromatic N) is 2. The molecule has 4 nitrogen and oxygen atoms in total. The lowest BCUT2D eigenvalue weighted by molar-refractivity contribution is -0.142. The molecular formula is C24H32N2O2S. The van der Waals surface area contributed by atoms with E-state index in [1.807, 2.05) is 24.0 Å². The summed E-state index contributed by atoms with van der Waals surface area (Å²) >= 11 is 1.77. The fraction of sp³-hybridized carbons (Fsp3) is 0.500. The molecule has 0 saturated carbocycles. The topological polar surface area (TPSA) is 40.6 Å². The van der Waals surface area contributed by atoms with Crippen LogP contribution in [0, 0.1) is 12.3 Å². The van der Waals surface area contributed by atoms with Gasteiger partial charge in [-0.3, -0.25) is 9.59 Å². The van der Waals surface area contributed by atoms with Crippen LogP contribution in [-0.4, -0.2) is 41.2 Å². The molecule has 0 spiro atoms. The molecule has 1 aromatic heterocycles. The molecule has 29 heavy (non-hydrogen) atoms. The van der Waals surface area contributed by atoms with Gasteiger partial charge in [-0.15, -0.1) is 11.3 Å². The number of rotatable bonds is 5. The summed E-state index contributed by atoms with van der Waals surface area (Å²) in [5.41, 5.74) is 3.50. The molecule has 2 heterocycles. The first-order valence-corrected chi connectivity index (χ1v) is 11.3. The van der Waals surface area contributed by atoms with Crippen LogP contribution >= 0.6 is 11.3 Å². The number of hydrogen-bond acceptors (Lipinski definition) is 3. The fourth-order valence-corrected chi connectivity index (χ4v) is 4.91. The first-order valence-electron chi connectivity index (χ1n) is 10.4. The van der Waals surface area contributed by atoms with E-state index in [0.29, 0.717) is 19.5 Å². The molecule has 0 aliphatic carbocycles. The molecule has 2 amide bonds. The zero-order valence-electron chi connectivity index (χ0n) is 18.2. The summed E-state index contributed by atoms with van der Waals surface area (Å²) in [6.45, 7) is 11.6. The average Bonchev–Trinajstić information content (AvgIpc) is 3.13. The van der Waals surface area contributed by atoms with Gasteiger partial charge in [-0.1, -0.05) is 45.0 Å². The van der Waals surface area contributed by atoms with Gasteiger partial charge in [0, 0.05) is 24.4 Å². The van der Waals surface area contributed by atoms with Crippen molar-refractivity contribution in [2.45, 2.75) is 53.5 Å².